The molecule has 21 heavy (non-hydrogen) atoms. The smallest absolute Gasteiger partial charge is 0.0290 e. The molecule has 2 aromatic rings. The summed E-state index contributed by atoms with van der Waals surface area (Å²) in [7, 11) is 0. The third-order valence-corrected chi connectivity index (χ3v) is 5.26. The van der Waals surface area contributed by atoms with Crippen molar-refractivity contribution in [3.8, 4) is 0 Å². The zero-order valence-electron chi connectivity index (χ0n) is 13.4. The van der Waals surface area contributed by atoms with Gasteiger partial charge in [0, 0.05) is 11.2 Å². The van der Waals surface area contributed by atoms with Crippen LogP contribution in [0.4, 0.5) is 0 Å². The maximum absolute atomic E-state index is 4.75. The van der Waals surface area contributed by atoms with Crippen molar-refractivity contribution in [1.29, 1.82) is 0 Å². The standard InChI is InChI=1S/C20H26S/c1-4-16-11-10-14-19(18(16)5-2)20(6-3,15-21)17-12-8-7-9-13-17/h7-14,21H,4-6,15H2,1-3H3. The molecule has 0 nitrogen and oxygen atoms in total. The number of aryl methyl sites for hydroxylation is 1. The maximum atomic E-state index is 4.75. The molecule has 0 aliphatic carbocycles. The molecule has 1 unspecified atom stereocenters. The van der Waals surface area contributed by atoms with Crippen LogP contribution in [0.3, 0.4) is 0 Å². The molecule has 0 aromatic heterocycles. The molecule has 2 rings (SSSR count). The zero-order chi connectivity index (χ0) is 15.3. The number of benzene rings is 2. The SMILES string of the molecule is CCc1cccc(C(CC)(CS)c2ccccc2)c1CC. The molecule has 0 saturated carbocycles. The fraction of sp³-hybridized carbons (Fsp3) is 0.400. The first kappa shape index (κ1) is 16.2. The Hall–Kier alpha value is -1.21. The molecular weight excluding hydrogens is 272 g/mol. The van der Waals surface area contributed by atoms with Gasteiger partial charge in [0.1, 0.15) is 0 Å². The van der Waals surface area contributed by atoms with Crippen molar-refractivity contribution in [3.63, 3.8) is 0 Å². The Balaban J connectivity index is 2.69. The predicted octanol–water partition coefficient (Wildman–Crippen LogP) is 5.44. The summed E-state index contributed by atoms with van der Waals surface area (Å²) in [5.74, 6) is 0.841. The van der Waals surface area contributed by atoms with Gasteiger partial charge < -0.3 is 0 Å². The van der Waals surface area contributed by atoms with Gasteiger partial charge in [-0.1, -0.05) is 69.3 Å². The molecular formula is C20H26S. The van der Waals surface area contributed by atoms with Gasteiger partial charge in [-0.2, -0.15) is 12.6 Å². The first-order chi connectivity index (χ1) is 10.2. The molecule has 2 aromatic carbocycles. The van der Waals surface area contributed by atoms with Crippen molar-refractivity contribution in [2.45, 2.75) is 45.4 Å². The van der Waals surface area contributed by atoms with E-state index >= 15 is 0 Å². The third kappa shape index (κ3) is 2.89. The Labute approximate surface area is 135 Å². The van der Waals surface area contributed by atoms with Gasteiger partial charge in [0.2, 0.25) is 0 Å². The van der Waals surface area contributed by atoms with Gasteiger partial charge in [0.25, 0.3) is 0 Å². The van der Waals surface area contributed by atoms with E-state index in [-0.39, 0.29) is 5.41 Å². The van der Waals surface area contributed by atoms with E-state index in [0.717, 1.165) is 25.0 Å². The fourth-order valence-electron chi connectivity index (χ4n) is 3.43. The van der Waals surface area contributed by atoms with Gasteiger partial charge >= 0.3 is 0 Å². The number of hydrogen-bond acceptors (Lipinski definition) is 1. The van der Waals surface area contributed by atoms with E-state index in [0.29, 0.717) is 0 Å². The van der Waals surface area contributed by atoms with E-state index in [2.05, 4.69) is 69.3 Å². The third-order valence-electron chi connectivity index (χ3n) is 4.72. The first-order valence-electron chi connectivity index (χ1n) is 8.01. The molecule has 0 radical (unpaired) electrons. The van der Waals surface area contributed by atoms with Gasteiger partial charge in [0.05, 0.1) is 0 Å². The van der Waals surface area contributed by atoms with E-state index in [1.165, 1.54) is 22.3 Å². The molecule has 0 heterocycles. The summed E-state index contributed by atoms with van der Waals surface area (Å²) in [6.07, 6.45) is 3.25. The van der Waals surface area contributed by atoms with Crippen LogP contribution in [0.1, 0.15) is 49.4 Å². The minimum atomic E-state index is 0.0148. The highest BCUT2D eigenvalue weighted by molar-refractivity contribution is 7.80. The Morgan fingerprint density at radius 1 is 0.857 bits per heavy atom. The van der Waals surface area contributed by atoms with Gasteiger partial charge in [-0.25, -0.2) is 0 Å². The minimum absolute atomic E-state index is 0.0148. The molecule has 0 aliphatic heterocycles. The molecule has 112 valence electrons. The van der Waals surface area contributed by atoms with Crippen LogP contribution < -0.4 is 0 Å². The normalized spacial score (nSPS) is 13.9. The molecule has 0 N–H and O–H groups in total. The van der Waals surface area contributed by atoms with E-state index < -0.39 is 0 Å². The van der Waals surface area contributed by atoms with Crippen LogP contribution in [-0.4, -0.2) is 5.75 Å². The highest BCUT2D eigenvalue weighted by atomic mass is 32.1. The number of hydrogen-bond donors (Lipinski definition) is 1. The second-order valence-electron chi connectivity index (χ2n) is 5.61. The maximum Gasteiger partial charge on any atom is 0.0290 e. The molecule has 0 fully saturated rings. The molecule has 0 aliphatic rings. The Morgan fingerprint density at radius 3 is 2.10 bits per heavy atom. The van der Waals surface area contributed by atoms with Crippen molar-refractivity contribution >= 4 is 12.6 Å². The van der Waals surface area contributed by atoms with Crippen molar-refractivity contribution in [3.05, 3.63) is 70.8 Å². The van der Waals surface area contributed by atoms with Gasteiger partial charge in [-0.3, -0.25) is 0 Å². The Morgan fingerprint density at radius 2 is 1.57 bits per heavy atom. The number of rotatable bonds is 6. The quantitative estimate of drug-likeness (QED) is 0.675. The average molecular weight is 298 g/mol. The molecule has 0 bridgehead atoms. The Kier molecular flexibility index (Phi) is 5.52. The molecule has 1 atom stereocenters. The Bertz CT molecular complexity index is 568. The lowest BCUT2D eigenvalue weighted by Crippen LogP contribution is -2.31. The second kappa shape index (κ2) is 7.17. The second-order valence-corrected chi connectivity index (χ2v) is 5.93. The molecule has 0 saturated heterocycles. The van der Waals surface area contributed by atoms with Crippen LogP contribution in [0, 0.1) is 0 Å². The summed E-state index contributed by atoms with van der Waals surface area (Å²) in [5, 5.41) is 0. The van der Waals surface area contributed by atoms with Crippen molar-refractivity contribution in [2.24, 2.45) is 0 Å². The summed E-state index contributed by atoms with van der Waals surface area (Å²) in [6.45, 7) is 6.79. The van der Waals surface area contributed by atoms with E-state index in [1.807, 2.05) is 0 Å². The van der Waals surface area contributed by atoms with Crippen LogP contribution in [0.15, 0.2) is 48.5 Å². The highest BCUT2D eigenvalue weighted by Gasteiger charge is 2.33. The summed E-state index contributed by atoms with van der Waals surface area (Å²) in [4.78, 5) is 0. The van der Waals surface area contributed by atoms with Crippen LogP contribution in [0.2, 0.25) is 0 Å². The highest BCUT2D eigenvalue weighted by Crippen LogP contribution is 2.39. The van der Waals surface area contributed by atoms with Crippen molar-refractivity contribution in [1.82, 2.24) is 0 Å². The van der Waals surface area contributed by atoms with Crippen LogP contribution in [0.5, 0.6) is 0 Å². The minimum Gasteiger partial charge on any atom is -0.178 e. The first-order valence-corrected chi connectivity index (χ1v) is 8.64. The molecule has 0 spiro atoms. The molecule has 0 amide bonds. The zero-order valence-corrected chi connectivity index (χ0v) is 14.3. The van der Waals surface area contributed by atoms with Crippen LogP contribution >= 0.6 is 12.6 Å². The van der Waals surface area contributed by atoms with Gasteiger partial charge in [-0.05, 0) is 41.5 Å². The van der Waals surface area contributed by atoms with E-state index in [4.69, 9.17) is 12.6 Å². The summed E-state index contributed by atoms with van der Waals surface area (Å²) in [5.41, 5.74) is 5.85. The van der Waals surface area contributed by atoms with E-state index in [9.17, 15) is 0 Å². The predicted molar refractivity (Wildman–Crippen MR) is 96.6 cm³/mol. The summed E-state index contributed by atoms with van der Waals surface area (Å²) < 4.78 is 0. The lowest BCUT2D eigenvalue weighted by molar-refractivity contribution is 0.555. The number of thiol groups is 1. The summed E-state index contributed by atoms with van der Waals surface area (Å²) in [6, 6.07) is 17.7. The monoisotopic (exact) mass is 298 g/mol. The van der Waals surface area contributed by atoms with Gasteiger partial charge in [-0.15, -0.1) is 0 Å². The molecule has 1 heteroatoms. The average Bonchev–Trinajstić information content (AvgIpc) is 2.57. The van der Waals surface area contributed by atoms with Crippen LogP contribution in [-0.2, 0) is 18.3 Å². The largest absolute Gasteiger partial charge is 0.178 e. The van der Waals surface area contributed by atoms with E-state index in [1.54, 1.807) is 0 Å². The lowest BCUT2D eigenvalue weighted by atomic mass is 9.71. The fourth-order valence-corrected chi connectivity index (χ4v) is 4.00. The lowest BCUT2D eigenvalue weighted by Gasteiger charge is -2.35. The van der Waals surface area contributed by atoms with Crippen LogP contribution in [0.25, 0.3) is 0 Å². The van der Waals surface area contributed by atoms with Gasteiger partial charge in [0.15, 0.2) is 0 Å². The summed E-state index contributed by atoms with van der Waals surface area (Å²) >= 11 is 4.75. The van der Waals surface area contributed by atoms with Crippen molar-refractivity contribution in [2.75, 3.05) is 5.75 Å². The topological polar surface area (TPSA) is 0 Å². The van der Waals surface area contributed by atoms with Crippen molar-refractivity contribution < 1.29 is 0 Å².